The average molecular weight is 297 g/mol. The van der Waals surface area contributed by atoms with Crippen LogP contribution in [0.5, 0.6) is 5.75 Å². The lowest BCUT2D eigenvalue weighted by atomic mass is 10.2. The van der Waals surface area contributed by atoms with E-state index in [0.29, 0.717) is 18.8 Å². The highest BCUT2D eigenvalue weighted by atomic mass is 16.3. The summed E-state index contributed by atoms with van der Waals surface area (Å²) in [6.07, 6.45) is 0. The van der Waals surface area contributed by atoms with Crippen molar-refractivity contribution in [2.24, 2.45) is 0 Å². The SMILES string of the molecule is O=C(Nc1ccc(O)cc1)N1CCN(c2ccccc2)CC1. The van der Waals surface area contributed by atoms with Crippen LogP contribution in [-0.4, -0.2) is 42.2 Å². The molecule has 5 nitrogen and oxygen atoms in total. The average Bonchev–Trinajstić information content (AvgIpc) is 2.58. The summed E-state index contributed by atoms with van der Waals surface area (Å²) in [6.45, 7) is 3.04. The van der Waals surface area contributed by atoms with Crippen LogP contribution in [0.4, 0.5) is 16.2 Å². The van der Waals surface area contributed by atoms with Gasteiger partial charge in [0.1, 0.15) is 5.75 Å². The van der Waals surface area contributed by atoms with E-state index in [1.807, 2.05) is 23.1 Å². The highest BCUT2D eigenvalue weighted by Gasteiger charge is 2.21. The number of para-hydroxylation sites is 1. The topological polar surface area (TPSA) is 55.8 Å². The van der Waals surface area contributed by atoms with Crippen LogP contribution in [0, 0.1) is 0 Å². The number of piperazine rings is 1. The number of hydrogen-bond donors (Lipinski definition) is 2. The molecular weight excluding hydrogens is 278 g/mol. The second-order valence-corrected chi connectivity index (χ2v) is 5.29. The van der Waals surface area contributed by atoms with Crippen LogP contribution >= 0.6 is 0 Å². The van der Waals surface area contributed by atoms with Gasteiger partial charge in [0.25, 0.3) is 0 Å². The Balaban J connectivity index is 1.54. The first-order chi connectivity index (χ1) is 10.7. The van der Waals surface area contributed by atoms with Crippen LogP contribution in [0.3, 0.4) is 0 Å². The van der Waals surface area contributed by atoms with E-state index in [1.54, 1.807) is 24.3 Å². The van der Waals surface area contributed by atoms with Crippen LogP contribution in [0.2, 0.25) is 0 Å². The van der Waals surface area contributed by atoms with E-state index in [0.717, 1.165) is 13.1 Å². The van der Waals surface area contributed by atoms with E-state index < -0.39 is 0 Å². The van der Waals surface area contributed by atoms with Crippen LogP contribution in [0.15, 0.2) is 54.6 Å². The number of amides is 2. The van der Waals surface area contributed by atoms with Crippen molar-refractivity contribution < 1.29 is 9.90 Å². The highest BCUT2D eigenvalue weighted by Crippen LogP contribution is 2.17. The van der Waals surface area contributed by atoms with E-state index in [4.69, 9.17) is 0 Å². The molecule has 0 aromatic heterocycles. The summed E-state index contributed by atoms with van der Waals surface area (Å²) in [4.78, 5) is 16.3. The van der Waals surface area contributed by atoms with Crippen LogP contribution in [-0.2, 0) is 0 Å². The van der Waals surface area contributed by atoms with Gasteiger partial charge in [0.05, 0.1) is 0 Å². The lowest BCUT2D eigenvalue weighted by Crippen LogP contribution is -2.50. The number of carbonyl (C=O) groups excluding carboxylic acids is 1. The van der Waals surface area contributed by atoms with Crippen molar-refractivity contribution >= 4 is 17.4 Å². The first kappa shape index (κ1) is 14.3. The molecular formula is C17H19N3O2. The van der Waals surface area contributed by atoms with Crippen molar-refractivity contribution in [3.8, 4) is 5.75 Å². The molecule has 1 aliphatic heterocycles. The highest BCUT2D eigenvalue weighted by molar-refractivity contribution is 5.89. The van der Waals surface area contributed by atoms with Crippen LogP contribution in [0.25, 0.3) is 0 Å². The fraction of sp³-hybridized carbons (Fsp3) is 0.235. The number of anilines is 2. The van der Waals surface area contributed by atoms with Gasteiger partial charge in [0, 0.05) is 37.6 Å². The molecule has 2 aromatic carbocycles. The van der Waals surface area contributed by atoms with Gasteiger partial charge in [-0.3, -0.25) is 0 Å². The minimum Gasteiger partial charge on any atom is -0.508 e. The molecule has 1 fully saturated rings. The zero-order chi connectivity index (χ0) is 15.4. The molecule has 3 rings (SSSR count). The second kappa shape index (κ2) is 6.39. The summed E-state index contributed by atoms with van der Waals surface area (Å²) < 4.78 is 0. The van der Waals surface area contributed by atoms with Crippen molar-refractivity contribution in [2.45, 2.75) is 0 Å². The van der Waals surface area contributed by atoms with Gasteiger partial charge >= 0.3 is 6.03 Å². The van der Waals surface area contributed by atoms with Crippen LogP contribution in [0.1, 0.15) is 0 Å². The van der Waals surface area contributed by atoms with Gasteiger partial charge in [-0.25, -0.2) is 4.79 Å². The largest absolute Gasteiger partial charge is 0.508 e. The molecule has 0 bridgehead atoms. The van der Waals surface area contributed by atoms with Gasteiger partial charge in [0.2, 0.25) is 0 Å². The minimum absolute atomic E-state index is 0.0987. The number of rotatable bonds is 2. The number of nitrogens with zero attached hydrogens (tertiary/aromatic N) is 2. The molecule has 0 radical (unpaired) electrons. The predicted molar refractivity (Wildman–Crippen MR) is 87.4 cm³/mol. The molecule has 5 heteroatoms. The van der Waals surface area contributed by atoms with Gasteiger partial charge in [-0.2, -0.15) is 0 Å². The number of hydrogen-bond acceptors (Lipinski definition) is 3. The van der Waals surface area contributed by atoms with Gasteiger partial charge in [0.15, 0.2) is 0 Å². The van der Waals surface area contributed by atoms with Gasteiger partial charge in [-0.1, -0.05) is 18.2 Å². The number of aromatic hydroxyl groups is 1. The zero-order valence-corrected chi connectivity index (χ0v) is 12.3. The number of nitrogens with one attached hydrogen (secondary N) is 1. The maximum atomic E-state index is 12.2. The summed E-state index contributed by atoms with van der Waals surface area (Å²) in [7, 11) is 0. The number of urea groups is 1. The Morgan fingerprint density at radius 2 is 1.55 bits per heavy atom. The van der Waals surface area contributed by atoms with E-state index in [9.17, 15) is 9.90 Å². The summed E-state index contributed by atoms with van der Waals surface area (Å²) in [5.41, 5.74) is 1.88. The summed E-state index contributed by atoms with van der Waals surface area (Å²) in [5, 5.41) is 12.1. The van der Waals surface area contributed by atoms with Crippen molar-refractivity contribution in [3.05, 3.63) is 54.6 Å². The van der Waals surface area contributed by atoms with Crippen LogP contribution < -0.4 is 10.2 Å². The lowest BCUT2D eigenvalue weighted by molar-refractivity contribution is 0.208. The second-order valence-electron chi connectivity index (χ2n) is 5.29. The summed E-state index contributed by atoms with van der Waals surface area (Å²) in [6, 6.07) is 16.6. The maximum Gasteiger partial charge on any atom is 0.321 e. The Hall–Kier alpha value is -2.69. The third-order valence-corrected chi connectivity index (χ3v) is 3.81. The Kier molecular flexibility index (Phi) is 4.14. The standard InChI is InChI=1S/C17H19N3O2/c21-16-8-6-14(7-9-16)18-17(22)20-12-10-19(11-13-20)15-4-2-1-3-5-15/h1-9,21H,10-13H2,(H,18,22). The Bertz CT molecular complexity index is 620. The fourth-order valence-corrected chi connectivity index (χ4v) is 2.55. The zero-order valence-electron chi connectivity index (χ0n) is 12.3. The Labute approximate surface area is 129 Å². The molecule has 114 valence electrons. The Morgan fingerprint density at radius 3 is 2.18 bits per heavy atom. The molecule has 0 unspecified atom stereocenters. The molecule has 0 spiro atoms. The van der Waals surface area contributed by atoms with E-state index >= 15 is 0 Å². The molecule has 0 atom stereocenters. The molecule has 22 heavy (non-hydrogen) atoms. The van der Waals surface area contributed by atoms with Gasteiger partial charge in [-0.15, -0.1) is 0 Å². The molecule has 2 amide bonds. The molecule has 2 aromatic rings. The van der Waals surface area contributed by atoms with E-state index in [2.05, 4.69) is 22.3 Å². The number of benzene rings is 2. The number of phenols is 1. The van der Waals surface area contributed by atoms with Gasteiger partial charge in [-0.05, 0) is 36.4 Å². The van der Waals surface area contributed by atoms with Crippen molar-refractivity contribution in [1.29, 1.82) is 0 Å². The lowest BCUT2D eigenvalue weighted by Gasteiger charge is -2.36. The minimum atomic E-state index is -0.0987. The molecule has 1 saturated heterocycles. The predicted octanol–water partition coefficient (Wildman–Crippen LogP) is 2.75. The first-order valence-electron chi connectivity index (χ1n) is 7.37. The molecule has 0 saturated carbocycles. The molecule has 1 heterocycles. The van der Waals surface area contributed by atoms with Gasteiger partial charge < -0.3 is 20.2 Å². The molecule has 2 N–H and O–H groups in total. The number of phenolic OH excluding ortho intramolecular Hbond substituents is 1. The quantitative estimate of drug-likeness (QED) is 0.838. The van der Waals surface area contributed by atoms with Crippen molar-refractivity contribution in [2.75, 3.05) is 36.4 Å². The molecule has 1 aliphatic rings. The third-order valence-electron chi connectivity index (χ3n) is 3.81. The monoisotopic (exact) mass is 297 g/mol. The fourth-order valence-electron chi connectivity index (χ4n) is 2.55. The van der Waals surface area contributed by atoms with E-state index in [-0.39, 0.29) is 11.8 Å². The summed E-state index contributed by atoms with van der Waals surface area (Å²) in [5.74, 6) is 0.189. The smallest absolute Gasteiger partial charge is 0.321 e. The first-order valence-corrected chi connectivity index (χ1v) is 7.37. The Morgan fingerprint density at radius 1 is 0.909 bits per heavy atom. The number of carbonyl (C=O) groups is 1. The van der Waals surface area contributed by atoms with Crippen molar-refractivity contribution in [1.82, 2.24) is 4.90 Å². The summed E-state index contributed by atoms with van der Waals surface area (Å²) >= 11 is 0. The maximum absolute atomic E-state index is 12.2. The molecule has 0 aliphatic carbocycles. The normalized spacial score (nSPS) is 14.7. The van der Waals surface area contributed by atoms with E-state index in [1.165, 1.54) is 5.69 Å². The van der Waals surface area contributed by atoms with Crippen molar-refractivity contribution in [3.63, 3.8) is 0 Å². The third kappa shape index (κ3) is 3.31.